The molecule has 0 bridgehead atoms. The SMILES string of the molecule is C.C.O=C(NCC1CCN(S(=O)(=O)c2cccc(C(F)(F)F)c2)C1)NC1CCCCCCC1. The van der Waals surface area contributed by atoms with Crippen molar-refractivity contribution in [1.82, 2.24) is 14.9 Å². The fraction of sp³-hybridized carbons (Fsp3) is 0.696. The summed E-state index contributed by atoms with van der Waals surface area (Å²) in [6.45, 7) is 0.713. The lowest BCUT2D eigenvalue weighted by atomic mass is 9.97. The van der Waals surface area contributed by atoms with Gasteiger partial charge in [0.2, 0.25) is 10.0 Å². The number of hydrogen-bond acceptors (Lipinski definition) is 3. The molecule has 1 aliphatic heterocycles. The molecule has 6 nitrogen and oxygen atoms in total. The van der Waals surface area contributed by atoms with Gasteiger partial charge in [-0.2, -0.15) is 17.5 Å². The average Bonchev–Trinajstić information content (AvgIpc) is 3.18. The van der Waals surface area contributed by atoms with Crippen LogP contribution in [0.2, 0.25) is 0 Å². The average molecular weight is 494 g/mol. The minimum atomic E-state index is -4.60. The van der Waals surface area contributed by atoms with Crippen LogP contribution in [0.1, 0.15) is 71.8 Å². The van der Waals surface area contributed by atoms with Crippen molar-refractivity contribution in [3.63, 3.8) is 0 Å². The quantitative estimate of drug-likeness (QED) is 0.576. The van der Waals surface area contributed by atoms with Gasteiger partial charge >= 0.3 is 12.2 Å². The number of urea groups is 1. The molecule has 1 atom stereocenters. The van der Waals surface area contributed by atoms with Crippen molar-refractivity contribution in [3.05, 3.63) is 29.8 Å². The minimum Gasteiger partial charge on any atom is -0.338 e. The lowest BCUT2D eigenvalue weighted by Gasteiger charge is -2.22. The van der Waals surface area contributed by atoms with Gasteiger partial charge in [-0.05, 0) is 43.4 Å². The van der Waals surface area contributed by atoms with E-state index in [1.54, 1.807) is 0 Å². The number of sulfonamides is 1. The zero-order valence-corrected chi connectivity index (χ0v) is 18.3. The molecule has 1 unspecified atom stereocenters. The highest BCUT2D eigenvalue weighted by Crippen LogP contribution is 2.32. The Morgan fingerprint density at radius 3 is 2.30 bits per heavy atom. The first-order chi connectivity index (χ1) is 14.7. The van der Waals surface area contributed by atoms with Crippen LogP contribution in [-0.4, -0.2) is 44.4 Å². The van der Waals surface area contributed by atoms with Crippen LogP contribution in [0, 0.1) is 5.92 Å². The minimum absolute atomic E-state index is 0. The molecule has 2 fully saturated rings. The Hall–Kier alpha value is -1.81. The van der Waals surface area contributed by atoms with Crippen molar-refractivity contribution in [3.8, 4) is 0 Å². The van der Waals surface area contributed by atoms with E-state index in [-0.39, 0.29) is 50.8 Å². The Balaban J connectivity index is 0.00000272. The monoisotopic (exact) mass is 493 g/mol. The van der Waals surface area contributed by atoms with E-state index in [1.807, 2.05) is 0 Å². The predicted molar refractivity (Wildman–Crippen MR) is 124 cm³/mol. The Morgan fingerprint density at radius 2 is 1.67 bits per heavy atom. The Labute approximate surface area is 196 Å². The predicted octanol–water partition coefficient (Wildman–Crippen LogP) is 5.40. The van der Waals surface area contributed by atoms with Gasteiger partial charge in [0.1, 0.15) is 0 Å². The third-order valence-corrected chi connectivity index (χ3v) is 7.90. The van der Waals surface area contributed by atoms with Crippen molar-refractivity contribution in [1.29, 1.82) is 0 Å². The topological polar surface area (TPSA) is 78.5 Å². The third kappa shape index (κ3) is 8.17. The van der Waals surface area contributed by atoms with E-state index in [0.29, 0.717) is 19.0 Å². The summed E-state index contributed by atoms with van der Waals surface area (Å²) in [5.41, 5.74) is -0.989. The van der Waals surface area contributed by atoms with E-state index in [9.17, 15) is 26.4 Å². The van der Waals surface area contributed by atoms with Gasteiger partial charge in [-0.25, -0.2) is 13.2 Å². The number of nitrogens with zero attached hydrogens (tertiary/aromatic N) is 1. The van der Waals surface area contributed by atoms with Gasteiger partial charge in [0.25, 0.3) is 0 Å². The highest BCUT2D eigenvalue weighted by Gasteiger charge is 2.35. The Morgan fingerprint density at radius 1 is 1.03 bits per heavy atom. The maximum Gasteiger partial charge on any atom is 0.416 e. The standard InChI is InChI=1S/C21H30F3N3O3S.2CH4/c22-21(23,24)17-7-6-10-19(13-17)31(29,30)27-12-11-16(15-27)14-25-20(28)26-18-8-4-2-1-3-5-9-18;;/h6-7,10,13,16,18H,1-5,8-9,11-12,14-15H2,(H2,25,26,28);2*1H4. The van der Waals surface area contributed by atoms with Crippen molar-refractivity contribution < 1.29 is 26.4 Å². The van der Waals surface area contributed by atoms with Gasteiger partial charge in [0, 0.05) is 25.7 Å². The Bertz CT molecular complexity index is 854. The van der Waals surface area contributed by atoms with Crippen LogP contribution in [0.5, 0.6) is 0 Å². The lowest BCUT2D eigenvalue weighted by Crippen LogP contribution is -2.44. The van der Waals surface area contributed by atoms with Crippen LogP contribution < -0.4 is 10.6 Å². The first kappa shape index (κ1) is 29.2. The summed E-state index contributed by atoms with van der Waals surface area (Å²) >= 11 is 0. The zero-order valence-electron chi connectivity index (χ0n) is 17.5. The van der Waals surface area contributed by atoms with Gasteiger partial charge in [-0.15, -0.1) is 0 Å². The van der Waals surface area contributed by atoms with Crippen molar-refractivity contribution in [2.45, 2.75) is 83.3 Å². The number of halogens is 3. The van der Waals surface area contributed by atoms with E-state index in [1.165, 1.54) is 29.6 Å². The van der Waals surface area contributed by atoms with E-state index < -0.39 is 21.8 Å². The van der Waals surface area contributed by atoms with Crippen LogP contribution in [0.15, 0.2) is 29.2 Å². The molecule has 190 valence electrons. The molecule has 2 amide bonds. The summed E-state index contributed by atoms with van der Waals surface area (Å²) in [7, 11) is -4.02. The smallest absolute Gasteiger partial charge is 0.338 e. The molecule has 10 heteroatoms. The molecule has 0 spiro atoms. The molecule has 3 rings (SSSR count). The van der Waals surface area contributed by atoms with Gasteiger partial charge in [0.05, 0.1) is 10.5 Å². The number of rotatable bonds is 5. The number of benzene rings is 1. The van der Waals surface area contributed by atoms with Crippen LogP contribution in [0.25, 0.3) is 0 Å². The maximum atomic E-state index is 12.9. The van der Waals surface area contributed by atoms with Crippen molar-refractivity contribution in [2.75, 3.05) is 19.6 Å². The molecule has 1 aromatic carbocycles. The van der Waals surface area contributed by atoms with Gasteiger partial charge in [-0.1, -0.05) is 53.0 Å². The van der Waals surface area contributed by atoms with Gasteiger partial charge < -0.3 is 10.6 Å². The molecule has 1 aromatic rings. The summed E-state index contributed by atoms with van der Waals surface area (Å²) in [5.74, 6) is -0.0799. The lowest BCUT2D eigenvalue weighted by molar-refractivity contribution is -0.137. The maximum absolute atomic E-state index is 12.9. The molecule has 0 aromatic heterocycles. The molecule has 1 saturated heterocycles. The second kappa shape index (κ2) is 12.6. The number of alkyl halides is 3. The molecule has 1 aliphatic carbocycles. The molecule has 2 aliphatic rings. The summed E-state index contributed by atoms with van der Waals surface area (Å²) < 4.78 is 65.5. The molecule has 2 N–H and O–H groups in total. The third-order valence-electron chi connectivity index (χ3n) is 6.04. The largest absolute Gasteiger partial charge is 0.416 e. The fourth-order valence-electron chi connectivity index (χ4n) is 4.24. The van der Waals surface area contributed by atoms with Gasteiger partial charge in [-0.3, -0.25) is 0 Å². The van der Waals surface area contributed by atoms with E-state index in [2.05, 4.69) is 10.6 Å². The fourth-order valence-corrected chi connectivity index (χ4v) is 5.82. The van der Waals surface area contributed by atoms with Crippen LogP contribution in [0.4, 0.5) is 18.0 Å². The highest BCUT2D eigenvalue weighted by molar-refractivity contribution is 7.89. The number of hydrogen-bond donors (Lipinski definition) is 2. The van der Waals surface area contributed by atoms with Gasteiger partial charge in [0.15, 0.2) is 0 Å². The first-order valence-corrected chi connectivity index (χ1v) is 12.3. The highest BCUT2D eigenvalue weighted by atomic mass is 32.2. The van der Waals surface area contributed by atoms with Crippen molar-refractivity contribution in [2.24, 2.45) is 5.92 Å². The molecule has 1 saturated carbocycles. The molecule has 1 heterocycles. The molecule has 0 radical (unpaired) electrons. The molecule has 33 heavy (non-hydrogen) atoms. The first-order valence-electron chi connectivity index (χ1n) is 10.9. The summed E-state index contributed by atoms with van der Waals surface area (Å²) in [6, 6.07) is 3.73. The second-order valence-electron chi connectivity index (χ2n) is 8.44. The van der Waals surface area contributed by atoms with Crippen LogP contribution >= 0.6 is 0 Å². The van der Waals surface area contributed by atoms with Crippen LogP contribution in [0.3, 0.4) is 0 Å². The van der Waals surface area contributed by atoms with E-state index >= 15 is 0 Å². The summed E-state index contributed by atoms with van der Waals surface area (Å²) in [5, 5.41) is 5.84. The normalized spacial score (nSPS) is 20.6. The van der Waals surface area contributed by atoms with Crippen LogP contribution in [-0.2, 0) is 16.2 Å². The van der Waals surface area contributed by atoms with E-state index in [0.717, 1.165) is 37.8 Å². The Kier molecular flexibility index (Phi) is 11.2. The number of amides is 2. The second-order valence-corrected chi connectivity index (χ2v) is 10.4. The molecular formula is C23H38F3N3O3S. The number of nitrogens with one attached hydrogen (secondary N) is 2. The zero-order chi connectivity index (χ0) is 22.5. The number of carbonyl (C=O) groups excluding carboxylic acids is 1. The molecular weight excluding hydrogens is 455 g/mol. The number of carbonyl (C=O) groups is 1. The van der Waals surface area contributed by atoms with Crippen molar-refractivity contribution >= 4 is 16.1 Å². The summed E-state index contributed by atoms with van der Waals surface area (Å²) in [4.78, 5) is 11.9. The summed E-state index contributed by atoms with van der Waals surface area (Å²) in [6.07, 6.45) is 3.73. The van der Waals surface area contributed by atoms with E-state index in [4.69, 9.17) is 0 Å².